The van der Waals surface area contributed by atoms with Crippen molar-refractivity contribution in [3.05, 3.63) is 77.0 Å². The molecular formula is C19H12Cl2N2. The van der Waals surface area contributed by atoms with Gasteiger partial charge in [0.1, 0.15) is 0 Å². The maximum absolute atomic E-state index is 6.03. The lowest BCUT2D eigenvalue weighted by Crippen LogP contribution is -1.83. The van der Waals surface area contributed by atoms with Gasteiger partial charge in [0.25, 0.3) is 0 Å². The summed E-state index contributed by atoms with van der Waals surface area (Å²) in [7, 11) is 0. The fraction of sp³-hybridized carbons (Fsp3) is 0. The van der Waals surface area contributed by atoms with Gasteiger partial charge in [-0.3, -0.25) is 4.98 Å². The van der Waals surface area contributed by atoms with Crippen LogP contribution in [0.3, 0.4) is 0 Å². The minimum Gasteiger partial charge on any atom is -0.354 e. The van der Waals surface area contributed by atoms with Gasteiger partial charge in [0.05, 0.1) is 5.69 Å². The van der Waals surface area contributed by atoms with Crippen LogP contribution in [0, 0.1) is 0 Å². The molecule has 2 nitrogen and oxygen atoms in total. The number of H-pyrrole nitrogens is 1. The molecule has 0 aliphatic heterocycles. The quantitative estimate of drug-likeness (QED) is 0.462. The maximum Gasteiger partial charge on any atom is 0.0545 e. The third-order valence-corrected chi connectivity index (χ3v) is 4.37. The predicted octanol–water partition coefficient (Wildman–Crippen LogP) is 6.20. The molecule has 1 N–H and O–H groups in total. The summed E-state index contributed by atoms with van der Waals surface area (Å²) in [5, 5.41) is 2.53. The van der Waals surface area contributed by atoms with Crippen molar-refractivity contribution in [2.75, 3.05) is 0 Å². The zero-order chi connectivity index (χ0) is 15.8. The Morgan fingerprint density at radius 3 is 2.00 bits per heavy atom. The molecular weight excluding hydrogens is 327 g/mol. The van der Waals surface area contributed by atoms with Crippen molar-refractivity contribution < 1.29 is 0 Å². The van der Waals surface area contributed by atoms with Crippen molar-refractivity contribution >= 4 is 34.1 Å². The smallest absolute Gasteiger partial charge is 0.0545 e. The SMILES string of the molecule is Clc1ccc(-c2[nH]c3ccncc3c2-c2ccc(Cl)cc2)cc1. The minimum absolute atomic E-state index is 0.722. The Bertz CT molecular complexity index is 971. The summed E-state index contributed by atoms with van der Waals surface area (Å²) in [4.78, 5) is 7.77. The molecule has 112 valence electrons. The zero-order valence-corrected chi connectivity index (χ0v) is 13.6. The van der Waals surface area contributed by atoms with E-state index in [2.05, 4.69) is 9.97 Å². The molecule has 0 unspecified atom stereocenters. The van der Waals surface area contributed by atoms with Gasteiger partial charge >= 0.3 is 0 Å². The highest BCUT2D eigenvalue weighted by atomic mass is 35.5. The Labute approximate surface area is 143 Å². The highest BCUT2D eigenvalue weighted by Crippen LogP contribution is 2.38. The molecule has 2 heterocycles. The van der Waals surface area contributed by atoms with Crippen LogP contribution in [-0.4, -0.2) is 9.97 Å². The number of nitrogens with one attached hydrogen (secondary N) is 1. The average Bonchev–Trinajstić information content (AvgIpc) is 2.96. The van der Waals surface area contributed by atoms with Gasteiger partial charge in [0, 0.05) is 38.9 Å². The van der Waals surface area contributed by atoms with Crippen LogP contribution in [0.25, 0.3) is 33.3 Å². The Kier molecular flexibility index (Phi) is 3.56. The molecule has 23 heavy (non-hydrogen) atoms. The number of nitrogens with zero attached hydrogens (tertiary/aromatic N) is 1. The number of halogens is 2. The van der Waals surface area contributed by atoms with Crippen LogP contribution in [0.15, 0.2) is 67.0 Å². The first-order valence-electron chi connectivity index (χ1n) is 7.20. The van der Waals surface area contributed by atoms with Gasteiger partial charge in [-0.15, -0.1) is 0 Å². The van der Waals surface area contributed by atoms with Crippen LogP contribution in [-0.2, 0) is 0 Å². The van der Waals surface area contributed by atoms with Gasteiger partial charge in [-0.1, -0.05) is 47.5 Å². The van der Waals surface area contributed by atoms with Crippen LogP contribution in [0.1, 0.15) is 0 Å². The van der Waals surface area contributed by atoms with Gasteiger partial charge in [-0.2, -0.15) is 0 Å². The van der Waals surface area contributed by atoms with Crippen LogP contribution in [0.4, 0.5) is 0 Å². The first-order valence-corrected chi connectivity index (χ1v) is 7.95. The molecule has 4 heteroatoms. The number of hydrogen-bond acceptors (Lipinski definition) is 1. The van der Waals surface area contributed by atoms with E-state index < -0.39 is 0 Å². The monoisotopic (exact) mass is 338 g/mol. The minimum atomic E-state index is 0.722. The van der Waals surface area contributed by atoms with Gasteiger partial charge in [0.15, 0.2) is 0 Å². The van der Waals surface area contributed by atoms with E-state index in [4.69, 9.17) is 23.2 Å². The van der Waals surface area contributed by atoms with E-state index in [1.54, 1.807) is 6.20 Å². The van der Waals surface area contributed by atoms with E-state index in [1.807, 2.05) is 60.8 Å². The second-order valence-corrected chi connectivity index (χ2v) is 6.18. The lowest BCUT2D eigenvalue weighted by Gasteiger charge is -2.06. The molecule has 0 saturated carbocycles. The summed E-state index contributed by atoms with van der Waals surface area (Å²) in [5.41, 5.74) is 5.39. The molecule has 0 saturated heterocycles. The van der Waals surface area contributed by atoms with Gasteiger partial charge in [0.2, 0.25) is 0 Å². The summed E-state index contributed by atoms with van der Waals surface area (Å²) in [6, 6.07) is 17.6. The molecule has 0 amide bonds. The van der Waals surface area contributed by atoms with E-state index in [0.29, 0.717) is 0 Å². The summed E-state index contributed by atoms with van der Waals surface area (Å²) in [6.45, 7) is 0. The molecule has 4 rings (SSSR count). The van der Waals surface area contributed by atoms with Crippen LogP contribution in [0.2, 0.25) is 10.0 Å². The lowest BCUT2D eigenvalue weighted by molar-refractivity contribution is 1.36. The molecule has 4 aromatic rings. The number of pyridine rings is 1. The van der Waals surface area contributed by atoms with Crippen LogP contribution >= 0.6 is 23.2 Å². The highest BCUT2D eigenvalue weighted by Gasteiger charge is 2.15. The molecule has 0 fully saturated rings. The fourth-order valence-electron chi connectivity index (χ4n) is 2.78. The molecule has 0 atom stereocenters. The van der Waals surface area contributed by atoms with Crippen molar-refractivity contribution in [2.45, 2.75) is 0 Å². The number of aromatic nitrogens is 2. The Morgan fingerprint density at radius 2 is 1.35 bits per heavy atom. The zero-order valence-electron chi connectivity index (χ0n) is 12.1. The number of rotatable bonds is 2. The second kappa shape index (κ2) is 5.73. The van der Waals surface area contributed by atoms with E-state index >= 15 is 0 Å². The van der Waals surface area contributed by atoms with Crippen molar-refractivity contribution in [3.8, 4) is 22.4 Å². The normalized spacial score (nSPS) is 11.0. The molecule has 0 spiro atoms. The third-order valence-electron chi connectivity index (χ3n) is 3.87. The van der Waals surface area contributed by atoms with Crippen molar-refractivity contribution in [2.24, 2.45) is 0 Å². The number of benzene rings is 2. The van der Waals surface area contributed by atoms with Gasteiger partial charge in [-0.05, 0) is 41.5 Å². The lowest BCUT2D eigenvalue weighted by atomic mass is 9.99. The number of fused-ring (bicyclic) bond motifs is 1. The summed E-state index contributed by atoms with van der Waals surface area (Å²) < 4.78 is 0. The number of hydrogen-bond donors (Lipinski definition) is 1. The average molecular weight is 339 g/mol. The van der Waals surface area contributed by atoms with Gasteiger partial charge in [-0.25, -0.2) is 0 Å². The second-order valence-electron chi connectivity index (χ2n) is 5.31. The standard InChI is InChI=1S/C19H12Cl2N2/c20-14-5-1-12(2-6-14)18-16-11-22-10-9-17(16)23-19(18)13-3-7-15(21)8-4-13/h1-11,23H. The molecule has 0 bridgehead atoms. The molecule has 2 aromatic carbocycles. The maximum atomic E-state index is 6.03. The number of aromatic amines is 1. The topological polar surface area (TPSA) is 28.7 Å². The Balaban J connectivity index is 2.01. The first kappa shape index (κ1) is 14.3. The summed E-state index contributed by atoms with van der Waals surface area (Å²) in [5.74, 6) is 0. The van der Waals surface area contributed by atoms with Crippen molar-refractivity contribution in [3.63, 3.8) is 0 Å². The van der Waals surface area contributed by atoms with Gasteiger partial charge < -0.3 is 4.98 Å². The van der Waals surface area contributed by atoms with E-state index in [0.717, 1.165) is 43.3 Å². The predicted molar refractivity (Wildman–Crippen MR) is 97.0 cm³/mol. The molecule has 0 aliphatic rings. The highest BCUT2D eigenvalue weighted by molar-refractivity contribution is 6.31. The Morgan fingerprint density at radius 1 is 0.739 bits per heavy atom. The Hall–Kier alpha value is -2.29. The third kappa shape index (κ3) is 2.61. The summed E-state index contributed by atoms with van der Waals surface area (Å²) in [6.07, 6.45) is 3.67. The first-order chi connectivity index (χ1) is 11.2. The fourth-order valence-corrected chi connectivity index (χ4v) is 3.04. The van der Waals surface area contributed by atoms with E-state index in [9.17, 15) is 0 Å². The largest absolute Gasteiger partial charge is 0.354 e. The van der Waals surface area contributed by atoms with Crippen LogP contribution in [0.5, 0.6) is 0 Å². The molecule has 2 aromatic heterocycles. The van der Waals surface area contributed by atoms with E-state index in [-0.39, 0.29) is 0 Å². The summed E-state index contributed by atoms with van der Waals surface area (Å²) >= 11 is 12.0. The molecule has 0 aliphatic carbocycles. The molecule has 0 radical (unpaired) electrons. The van der Waals surface area contributed by atoms with Crippen molar-refractivity contribution in [1.82, 2.24) is 9.97 Å². The van der Waals surface area contributed by atoms with Crippen LogP contribution < -0.4 is 0 Å². The van der Waals surface area contributed by atoms with Crippen molar-refractivity contribution in [1.29, 1.82) is 0 Å². The van der Waals surface area contributed by atoms with E-state index in [1.165, 1.54) is 0 Å².